The number of benzene rings is 1. The lowest BCUT2D eigenvalue weighted by atomic mass is 10.1. The maximum Gasteiger partial charge on any atom is 0.241 e. The Kier molecular flexibility index (Phi) is 5.60. The van der Waals surface area contributed by atoms with E-state index in [0.717, 1.165) is 5.56 Å². The Morgan fingerprint density at radius 2 is 1.80 bits per heavy atom. The summed E-state index contributed by atoms with van der Waals surface area (Å²) in [5.41, 5.74) is 2.20. The van der Waals surface area contributed by atoms with Gasteiger partial charge in [0, 0.05) is 13.1 Å². The van der Waals surface area contributed by atoms with E-state index in [4.69, 9.17) is 0 Å². The Balaban J connectivity index is 2.09. The zero-order valence-corrected chi connectivity index (χ0v) is 16.5. The summed E-state index contributed by atoms with van der Waals surface area (Å²) in [7, 11) is -5.43. The summed E-state index contributed by atoms with van der Waals surface area (Å²) in [5, 5.41) is 0. The van der Waals surface area contributed by atoms with Gasteiger partial charge in [0.1, 0.15) is 0 Å². The van der Waals surface area contributed by atoms with Crippen molar-refractivity contribution in [2.24, 2.45) is 0 Å². The van der Waals surface area contributed by atoms with Crippen LogP contribution in [0.3, 0.4) is 0 Å². The standard InChI is InChI=1S/C16H24N2O5S2/c1-11-7-12(2)16(13(3)8-11)25(22,23)17-9-15(19)18(4)14-5-6-24(20,21)10-14/h7-8,14,17H,5-6,9-10H2,1-4H3. The summed E-state index contributed by atoms with van der Waals surface area (Å²) < 4.78 is 50.5. The summed E-state index contributed by atoms with van der Waals surface area (Å²) in [6.45, 7) is 4.91. The molecule has 25 heavy (non-hydrogen) atoms. The van der Waals surface area contributed by atoms with Crippen LogP contribution >= 0.6 is 0 Å². The zero-order chi connectivity index (χ0) is 19.0. The van der Waals surface area contributed by atoms with Gasteiger partial charge in [-0.3, -0.25) is 4.79 Å². The quantitative estimate of drug-likeness (QED) is 0.793. The summed E-state index contributed by atoms with van der Waals surface area (Å²) in [6, 6.07) is 3.16. The van der Waals surface area contributed by atoms with E-state index >= 15 is 0 Å². The summed E-state index contributed by atoms with van der Waals surface area (Å²) in [5.74, 6) is -0.464. The number of nitrogens with one attached hydrogen (secondary N) is 1. The predicted molar refractivity (Wildman–Crippen MR) is 95.7 cm³/mol. The van der Waals surface area contributed by atoms with Gasteiger partial charge in [-0.05, 0) is 38.3 Å². The third-order valence-corrected chi connectivity index (χ3v) is 7.89. The maximum absolute atomic E-state index is 12.6. The van der Waals surface area contributed by atoms with Gasteiger partial charge in [0.25, 0.3) is 0 Å². The lowest BCUT2D eigenvalue weighted by Gasteiger charge is -2.23. The highest BCUT2D eigenvalue weighted by atomic mass is 32.2. The molecular weight excluding hydrogens is 364 g/mol. The van der Waals surface area contributed by atoms with E-state index in [0.29, 0.717) is 17.5 Å². The first kappa shape index (κ1) is 19.9. The van der Waals surface area contributed by atoms with Crippen molar-refractivity contribution < 1.29 is 21.6 Å². The van der Waals surface area contributed by atoms with Crippen LogP contribution in [-0.4, -0.2) is 58.8 Å². The Labute approximate surface area is 149 Å². The lowest BCUT2D eigenvalue weighted by Crippen LogP contribution is -2.43. The Morgan fingerprint density at radius 1 is 1.24 bits per heavy atom. The molecule has 1 N–H and O–H groups in total. The molecule has 1 heterocycles. The number of sulfone groups is 1. The van der Waals surface area contributed by atoms with E-state index in [1.54, 1.807) is 26.0 Å². The van der Waals surface area contributed by atoms with Crippen molar-refractivity contribution in [2.75, 3.05) is 25.1 Å². The normalized spacial score (nSPS) is 19.8. The molecule has 0 spiro atoms. The minimum Gasteiger partial charge on any atom is -0.341 e. The summed E-state index contributed by atoms with van der Waals surface area (Å²) in [6.07, 6.45) is 0.382. The van der Waals surface area contributed by atoms with Crippen molar-refractivity contribution in [3.63, 3.8) is 0 Å². The third kappa shape index (κ3) is 4.59. The average Bonchev–Trinajstić information content (AvgIpc) is 2.82. The summed E-state index contributed by atoms with van der Waals surface area (Å²) in [4.78, 5) is 13.7. The van der Waals surface area contributed by atoms with Crippen LogP contribution in [0.15, 0.2) is 17.0 Å². The largest absolute Gasteiger partial charge is 0.341 e. The van der Waals surface area contributed by atoms with Crippen molar-refractivity contribution in [2.45, 2.75) is 38.1 Å². The van der Waals surface area contributed by atoms with Gasteiger partial charge in [0.2, 0.25) is 15.9 Å². The molecule has 1 saturated heterocycles. The fraction of sp³-hybridized carbons (Fsp3) is 0.562. The molecule has 1 atom stereocenters. The molecular formula is C16H24N2O5S2. The van der Waals surface area contributed by atoms with E-state index in [1.807, 2.05) is 6.92 Å². The molecule has 1 aliphatic heterocycles. The molecule has 7 nitrogen and oxygen atoms in total. The van der Waals surface area contributed by atoms with Crippen molar-refractivity contribution in [1.82, 2.24) is 9.62 Å². The van der Waals surface area contributed by atoms with Crippen LogP contribution in [0.1, 0.15) is 23.1 Å². The molecule has 1 unspecified atom stereocenters. The topological polar surface area (TPSA) is 101 Å². The first-order valence-corrected chi connectivity index (χ1v) is 11.3. The van der Waals surface area contributed by atoms with Gasteiger partial charge in [-0.15, -0.1) is 0 Å². The van der Waals surface area contributed by atoms with Crippen LogP contribution in [0.2, 0.25) is 0 Å². The van der Waals surface area contributed by atoms with Gasteiger partial charge >= 0.3 is 0 Å². The molecule has 0 saturated carbocycles. The van der Waals surface area contributed by atoms with Crippen LogP contribution in [0.4, 0.5) is 0 Å². The highest BCUT2D eigenvalue weighted by molar-refractivity contribution is 7.91. The number of nitrogens with zero attached hydrogens (tertiary/aromatic N) is 1. The number of carbonyl (C=O) groups is 1. The van der Waals surface area contributed by atoms with Crippen LogP contribution < -0.4 is 4.72 Å². The third-order valence-electron chi connectivity index (χ3n) is 4.44. The van der Waals surface area contributed by atoms with Crippen molar-refractivity contribution in [3.05, 3.63) is 28.8 Å². The molecule has 9 heteroatoms. The number of sulfonamides is 1. The minimum absolute atomic E-state index is 0.0583. The fourth-order valence-corrected chi connectivity index (χ4v) is 6.43. The van der Waals surface area contributed by atoms with Gasteiger partial charge in [0.05, 0.1) is 22.9 Å². The second kappa shape index (κ2) is 7.05. The Morgan fingerprint density at radius 3 is 2.28 bits per heavy atom. The molecule has 1 amide bonds. The number of likely N-dealkylation sites (N-methyl/N-ethyl adjacent to an activating group) is 1. The number of carbonyl (C=O) groups excluding carboxylic acids is 1. The monoisotopic (exact) mass is 388 g/mol. The second-order valence-corrected chi connectivity index (χ2v) is 10.5. The zero-order valence-electron chi connectivity index (χ0n) is 14.9. The lowest BCUT2D eigenvalue weighted by molar-refractivity contribution is -0.130. The molecule has 0 aromatic heterocycles. The van der Waals surface area contributed by atoms with Crippen LogP contribution in [0.5, 0.6) is 0 Å². The predicted octanol–water partition coefficient (Wildman–Crippen LogP) is 0.536. The van der Waals surface area contributed by atoms with Crippen molar-refractivity contribution in [3.8, 4) is 0 Å². The molecule has 1 aliphatic rings. The van der Waals surface area contributed by atoms with E-state index < -0.39 is 38.4 Å². The summed E-state index contributed by atoms with van der Waals surface area (Å²) >= 11 is 0. The van der Waals surface area contributed by atoms with Crippen molar-refractivity contribution in [1.29, 1.82) is 0 Å². The van der Waals surface area contributed by atoms with Gasteiger partial charge in [-0.1, -0.05) is 17.7 Å². The molecule has 0 bridgehead atoms. The second-order valence-electron chi connectivity index (χ2n) is 6.61. The minimum atomic E-state index is -3.83. The molecule has 0 radical (unpaired) electrons. The molecule has 140 valence electrons. The molecule has 0 aliphatic carbocycles. The first-order chi connectivity index (χ1) is 11.4. The smallest absolute Gasteiger partial charge is 0.241 e. The maximum atomic E-state index is 12.6. The number of hydrogen-bond donors (Lipinski definition) is 1. The van der Waals surface area contributed by atoms with Gasteiger partial charge < -0.3 is 4.90 Å². The van der Waals surface area contributed by atoms with E-state index in [2.05, 4.69) is 4.72 Å². The van der Waals surface area contributed by atoms with Gasteiger partial charge in [-0.2, -0.15) is 0 Å². The fourth-order valence-electron chi connectivity index (χ4n) is 3.23. The van der Waals surface area contributed by atoms with E-state index in [9.17, 15) is 21.6 Å². The Hall–Kier alpha value is -1.45. The number of amides is 1. The van der Waals surface area contributed by atoms with E-state index in [1.165, 1.54) is 11.9 Å². The van der Waals surface area contributed by atoms with Crippen LogP contribution in [-0.2, 0) is 24.7 Å². The number of rotatable bonds is 5. The number of aryl methyl sites for hydroxylation is 3. The molecule has 1 aromatic carbocycles. The molecule has 2 rings (SSSR count). The van der Waals surface area contributed by atoms with Gasteiger partial charge in [-0.25, -0.2) is 21.6 Å². The first-order valence-electron chi connectivity index (χ1n) is 7.96. The van der Waals surface area contributed by atoms with Crippen LogP contribution in [0.25, 0.3) is 0 Å². The SMILES string of the molecule is Cc1cc(C)c(S(=O)(=O)NCC(=O)N(C)C2CCS(=O)(=O)C2)c(C)c1. The van der Waals surface area contributed by atoms with Crippen LogP contribution in [0, 0.1) is 20.8 Å². The highest BCUT2D eigenvalue weighted by Gasteiger charge is 2.33. The molecule has 1 aromatic rings. The number of hydrogen-bond acceptors (Lipinski definition) is 5. The van der Waals surface area contributed by atoms with Gasteiger partial charge in [0.15, 0.2) is 9.84 Å². The average molecular weight is 389 g/mol. The molecule has 1 fully saturated rings. The van der Waals surface area contributed by atoms with Crippen molar-refractivity contribution >= 4 is 25.8 Å². The van der Waals surface area contributed by atoms with E-state index in [-0.39, 0.29) is 16.4 Å². The highest BCUT2D eigenvalue weighted by Crippen LogP contribution is 2.21. The Bertz CT molecular complexity index is 868.